The quantitative estimate of drug-likeness (QED) is 0.727. The third-order valence-corrected chi connectivity index (χ3v) is 4.02. The lowest BCUT2D eigenvalue weighted by Crippen LogP contribution is -2.23. The summed E-state index contributed by atoms with van der Waals surface area (Å²) in [5, 5.41) is 7.43. The van der Waals surface area contributed by atoms with Crippen molar-refractivity contribution in [3.8, 4) is 11.4 Å². The molecule has 0 radical (unpaired) electrons. The Morgan fingerprint density at radius 1 is 1.12 bits per heavy atom. The van der Waals surface area contributed by atoms with Crippen LogP contribution in [0.25, 0.3) is 11.4 Å². The Balaban J connectivity index is 1.49. The summed E-state index contributed by atoms with van der Waals surface area (Å²) in [6, 6.07) is 15.3. The van der Waals surface area contributed by atoms with Gasteiger partial charge in [-0.05, 0) is 31.0 Å². The first kappa shape index (κ1) is 17.2. The number of amides is 1. The third-order valence-electron chi connectivity index (χ3n) is 3.77. The highest BCUT2D eigenvalue weighted by molar-refractivity contribution is 6.30. The van der Waals surface area contributed by atoms with Crippen LogP contribution < -0.4 is 5.32 Å². The summed E-state index contributed by atoms with van der Waals surface area (Å²) in [5.41, 5.74) is 3.12. The first-order valence-electron chi connectivity index (χ1n) is 8.01. The molecular formula is C19H18ClN3O2. The summed E-state index contributed by atoms with van der Waals surface area (Å²) in [5.74, 6) is 0.839. The Morgan fingerprint density at radius 3 is 2.56 bits per heavy atom. The number of hydrogen-bond acceptors (Lipinski definition) is 4. The standard InChI is InChI=1S/C19H18ClN3O2/c1-13-2-7-15(8-3-13)19-22-18(25-23-19)12-21-17(24)11-6-14-4-9-16(20)10-5-14/h2-5,7-10H,6,11-12H2,1H3,(H,21,24). The molecular weight excluding hydrogens is 338 g/mol. The van der Waals surface area contributed by atoms with Crippen molar-refractivity contribution in [3.63, 3.8) is 0 Å². The van der Waals surface area contributed by atoms with E-state index in [4.69, 9.17) is 16.1 Å². The smallest absolute Gasteiger partial charge is 0.246 e. The monoisotopic (exact) mass is 355 g/mol. The highest BCUT2D eigenvalue weighted by atomic mass is 35.5. The molecule has 0 atom stereocenters. The van der Waals surface area contributed by atoms with E-state index in [0.717, 1.165) is 11.1 Å². The van der Waals surface area contributed by atoms with Crippen LogP contribution in [-0.4, -0.2) is 16.0 Å². The summed E-state index contributed by atoms with van der Waals surface area (Å²) in [4.78, 5) is 16.2. The van der Waals surface area contributed by atoms with Crippen molar-refractivity contribution >= 4 is 17.5 Å². The number of aryl methyl sites for hydroxylation is 2. The number of hydrogen-bond donors (Lipinski definition) is 1. The number of aromatic nitrogens is 2. The SMILES string of the molecule is Cc1ccc(-c2noc(CNC(=O)CCc3ccc(Cl)cc3)n2)cc1. The fraction of sp³-hybridized carbons (Fsp3) is 0.211. The predicted molar refractivity (Wildman–Crippen MR) is 96.1 cm³/mol. The maximum atomic E-state index is 11.9. The Hall–Kier alpha value is -2.66. The van der Waals surface area contributed by atoms with Crippen LogP contribution in [0.2, 0.25) is 5.02 Å². The van der Waals surface area contributed by atoms with Gasteiger partial charge in [0.05, 0.1) is 6.54 Å². The van der Waals surface area contributed by atoms with E-state index in [1.807, 2.05) is 55.5 Å². The summed E-state index contributed by atoms with van der Waals surface area (Å²) in [6.07, 6.45) is 1.04. The lowest BCUT2D eigenvalue weighted by atomic mass is 10.1. The molecule has 1 aromatic heterocycles. The highest BCUT2D eigenvalue weighted by Gasteiger charge is 2.10. The fourth-order valence-corrected chi connectivity index (χ4v) is 2.44. The van der Waals surface area contributed by atoms with Gasteiger partial charge in [0, 0.05) is 17.0 Å². The zero-order chi connectivity index (χ0) is 17.6. The predicted octanol–water partition coefficient (Wildman–Crippen LogP) is 3.95. The number of halogens is 1. The molecule has 0 aliphatic carbocycles. The second-order valence-corrected chi connectivity index (χ2v) is 6.22. The molecule has 25 heavy (non-hydrogen) atoms. The maximum absolute atomic E-state index is 11.9. The maximum Gasteiger partial charge on any atom is 0.246 e. The minimum atomic E-state index is -0.0648. The van der Waals surface area contributed by atoms with Crippen molar-refractivity contribution in [2.45, 2.75) is 26.3 Å². The Bertz CT molecular complexity index is 842. The van der Waals surface area contributed by atoms with Crippen LogP contribution in [0.5, 0.6) is 0 Å². The molecule has 0 aliphatic rings. The van der Waals surface area contributed by atoms with Gasteiger partial charge in [-0.1, -0.05) is 58.7 Å². The minimum absolute atomic E-state index is 0.0648. The van der Waals surface area contributed by atoms with Crippen LogP contribution in [0.1, 0.15) is 23.4 Å². The Morgan fingerprint density at radius 2 is 1.84 bits per heavy atom. The number of carbonyl (C=O) groups is 1. The topological polar surface area (TPSA) is 68.0 Å². The van der Waals surface area contributed by atoms with Crippen molar-refractivity contribution in [1.29, 1.82) is 0 Å². The number of rotatable bonds is 6. The first-order valence-corrected chi connectivity index (χ1v) is 8.39. The van der Waals surface area contributed by atoms with Crippen LogP contribution in [0.3, 0.4) is 0 Å². The minimum Gasteiger partial charge on any atom is -0.347 e. The fourth-order valence-electron chi connectivity index (χ4n) is 2.32. The molecule has 0 saturated carbocycles. The van der Waals surface area contributed by atoms with E-state index in [2.05, 4.69) is 15.5 Å². The first-order chi connectivity index (χ1) is 12.1. The lowest BCUT2D eigenvalue weighted by Gasteiger charge is -2.03. The lowest BCUT2D eigenvalue weighted by molar-refractivity contribution is -0.121. The summed E-state index contributed by atoms with van der Waals surface area (Å²) < 4.78 is 5.19. The largest absolute Gasteiger partial charge is 0.347 e. The van der Waals surface area contributed by atoms with Gasteiger partial charge in [-0.15, -0.1) is 0 Å². The molecule has 0 bridgehead atoms. The number of benzene rings is 2. The van der Waals surface area contributed by atoms with Crippen LogP contribution in [0.4, 0.5) is 0 Å². The van der Waals surface area contributed by atoms with Gasteiger partial charge in [-0.3, -0.25) is 4.79 Å². The molecule has 0 saturated heterocycles. The number of nitrogens with zero attached hydrogens (tertiary/aromatic N) is 2. The average molecular weight is 356 g/mol. The zero-order valence-electron chi connectivity index (χ0n) is 13.8. The second-order valence-electron chi connectivity index (χ2n) is 5.78. The molecule has 0 fully saturated rings. The highest BCUT2D eigenvalue weighted by Crippen LogP contribution is 2.16. The molecule has 1 N–H and O–H groups in total. The molecule has 1 heterocycles. The van der Waals surface area contributed by atoms with Crippen molar-refractivity contribution in [2.75, 3.05) is 0 Å². The molecule has 0 spiro atoms. The van der Waals surface area contributed by atoms with Crippen LogP contribution in [-0.2, 0) is 17.8 Å². The van der Waals surface area contributed by atoms with E-state index in [-0.39, 0.29) is 12.5 Å². The summed E-state index contributed by atoms with van der Waals surface area (Å²) in [7, 11) is 0. The van der Waals surface area contributed by atoms with Crippen molar-refractivity contribution < 1.29 is 9.32 Å². The van der Waals surface area contributed by atoms with Gasteiger partial charge in [0.2, 0.25) is 17.6 Å². The van der Waals surface area contributed by atoms with Crippen LogP contribution >= 0.6 is 11.6 Å². The van der Waals surface area contributed by atoms with Gasteiger partial charge in [-0.2, -0.15) is 4.98 Å². The van der Waals surface area contributed by atoms with Crippen LogP contribution in [0, 0.1) is 6.92 Å². The molecule has 1 amide bonds. The van der Waals surface area contributed by atoms with Gasteiger partial charge in [0.15, 0.2) is 0 Å². The van der Waals surface area contributed by atoms with Crippen LogP contribution in [0.15, 0.2) is 53.1 Å². The molecule has 2 aromatic carbocycles. The van der Waals surface area contributed by atoms with Crippen molar-refractivity contribution in [1.82, 2.24) is 15.5 Å². The molecule has 0 aliphatic heterocycles. The van der Waals surface area contributed by atoms with Gasteiger partial charge in [0.25, 0.3) is 0 Å². The van der Waals surface area contributed by atoms with Gasteiger partial charge < -0.3 is 9.84 Å². The Kier molecular flexibility index (Phi) is 5.46. The number of nitrogens with one attached hydrogen (secondary N) is 1. The molecule has 5 nitrogen and oxygen atoms in total. The Labute approximate surface area is 151 Å². The van der Waals surface area contributed by atoms with Crippen molar-refractivity contribution in [3.05, 3.63) is 70.6 Å². The van der Waals surface area contributed by atoms with E-state index in [0.29, 0.717) is 29.6 Å². The molecule has 3 aromatic rings. The third kappa shape index (κ3) is 4.90. The molecule has 128 valence electrons. The molecule has 6 heteroatoms. The van der Waals surface area contributed by atoms with E-state index >= 15 is 0 Å². The van der Waals surface area contributed by atoms with E-state index < -0.39 is 0 Å². The normalized spacial score (nSPS) is 10.6. The van der Waals surface area contributed by atoms with Gasteiger partial charge >= 0.3 is 0 Å². The van der Waals surface area contributed by atoms with E-state index in [9.17, 15) is 4.79 Å². The van der Waals surface area contributed by atoms with Gasteiger partial charge in [-0.25, -0.2) is 0 Å². The summed E-state index contributed by atoms with van der Waals surface area (Å²) >= 11 is 5.84. The number of carbonyl (C=O) groups excluding carboxylic acids is 1. The second kappa shape index (κ2) is 7.94. The molecule has 3 rings (SSSR count). The van der Waals surface area contributed by atoms with Crippen molar-refractivity contribution in [2.24, 2.45) is 0 Å². The van der Waals surface area contributed by atoms with E-state index in [1.165, 1.54) is 5.56 Å². The zero-order valence-corrected chi connectivity index (χ0v) is 14.6. The van der Waals surface area contributed by atoms with E-state index in [1.54, 1.807) is 0 Å². The molecule has 0 unspecified atom stereocenters. The summed E-state index contributed by atoms with van der Waals surface area (Å²) in [6.45, 7) is 2.24. The average Bonchev–Trinajstić information content (AvgIpc) is 3.09. The van der Waals surface area contributed by atoms with Gasteiger partial charge in [0.1, 0.15) is 0 Å².